The highest BCUT2D eigenvalue weighted by Gasteiger charge is 2.27. The van der Waals surface area contributed by atoms with Crippen LogP contribution >= 0.6 is 11.8 Å². The SMILES string of the molecule is CC(C)(C)CC(CC(=O)O)NC(=O)C1CSCN1. The molecule has 1 rings (SSSR count). The van der Waals surface area contributed by atoms with Crippen molar-refractivity contribution < 1.29 is 14.7 Å². The molecule has 0 bridgehead atoms. The number of amides is 1. The van der Waals surface area contributed by atoms with Gasteiger partial charge < -0.3 is 10.4 Å². The van der Waals surface area contributed by atoms with Crippen molar-refractivity contribution in [3.05, 3.63) is 0 Å². The van der Waals surface area contributed by atoms with E-state index in [-0.39, 0.29) is 29.8 Å². The van der Waals surface area contributed by atoms with E-state index in [4.69, 9.17) is 5.11 Å². The maximum absolute atomic E-state index is 11.9. The second kappa shape index (κ2) is 6.43. The fourth-order valence-electron chi connectivity index (χ4n) is 1.99. The lowest BCUT2D eigenvalue weighted by Gasteiger charge is -2.26. The van der Waals surface area contributed by atoms with E-state index >= 15 is 0 Å². The van der Waals surface area contributed by atoms with Crippen LogP contribution in [-0.2, 0) is 9.59 Å². The number of hydrogen-bond donors (Lipinski definition) is 3. The van der Waals surface area contributed by atoms with E-state index in [1.807, 2.05) is 20.8 Å². The molecule has 2 atom stereocenters. The molecule has 0 saturated carbocycles. The summed E-state index contributed by atoms with van der Waals surface area (Å²) in [6.45, 7) is 6.12. The Labute approximate surface area is 112 Å². The molecule has 1 aliphatic rings. The highest BCUT2D eigenvalue weighted by Crippen LogP contribution is 2.22. The van der Waals surface area contributed by atoms with E-state index in [0.717, 1.165) is 11.6 Å². The molecule has 5 nitrogen and oxygen atoms in total. The van der Waals surface area contributed by atoms with E-state index in [1.165, 1.54) is 0 Å². The predicted octanol–water partition coefficient (Wildman–Crippen LogP) is 1.04. The lowest BCUT2D eigenvalue weighted by molar-refractivity contribution is -0.138. The van der Waals surface area contributed by atoms with Crippen LogP contribution in [0, 0.1) is 5.41 Å². The molecule has 104 valence electrons. The third kappa shape index (κ3) is 5.73. The summed E-state index contributed by atoms with van der Waals surface area (Å²) < 4.78 is 0. The topological polar surface area (TPSA) is 78.4 Å². The Bertz CT molecular complexity index is 309. The summed E-state index contributed by atoms with van der Waals surface area (Å²) >= 11 is 1.68. The van der Waals surface area contributed by atoms with Crippen molar-refractivity contribution in [2.75, 3.05) is 11.6 Å². The van der Waals surface area contributed by atoms with Crippen LogP contribution in [0.1, 0.15) is 33.6 Å². The molecule has 1 saturated heterocycles. The van der Waals surface area contributed by atoms with Gasteiger partial charge in [0, 0.05) is 17.7 Å². The molecule has 0 aliphatic carbocycles. The summed E-state index contributed by atoms with van der Waals surface area (Å²) in [5.74, 6) is 0.566. The van der Waals surface area contributed by atoms with Crippen molar-refractivity contribution in [1.29, 1.82) is 0 Å². The van der Waals surface area contributed by atoms with Gasteiger partial charge in [-0.1, -0.05) is 20.8 Å². The molecule has 1 heterocycles. The number of carbonyl (C=O) groups is 2. The Hall–Kier alpha value is -0.750. The normalized spacial score (nSPS) is 21.6. The minimum atomic E-state index is -0.877. The molecule has 6 heteroatoms. The average Bonchev–Trinajstić information content (AvgIpc) is 2.65. The Morgan fingerprint density at radius 2 is 2.17 bits per heavy atom. The molecular formula is C12H22N2O3S. The standard InChI is InChI=1S/C12H22N2O3S/c1-12(2,3)5-8(4-10(15)16)14-11(17)9-6-18-7-13-9/h8-9,13H,4-7H2,1-3H3,(H,14,17)(H,15,16). The highest BCUT2D eigenvalue weighted by atomic mass is 32.2. The third-order valence-corrected chi connectivity index (χ3v) is 3.60. The number of hydrogen-bond acceptors (Lipinski definition) is 4. The van der Waals surface area contributed by atoms with Crippen molar-refractivity contribution in [2.24, 2.45) is 5.41 Å². The summed E-state index contributed by atoms with van der Waals surface area (Å²) in [6.07, 6.45) is 0.633. The van der Waals surface area contributed by atoms with Gasteiger partial charge in [-0.15, -0.1) is 11.8 Å². The van der Waals surface area contributed by atoms with Gasteiger partial charge in [-0.2, -0.15) is 0 Å². The van der Waals surface area contributed by atoms with Crippen LogP contribution in [-0.4, -0.2) is 40.7 Å². The first-order valence-electron chi connectivity index (χ1n) is 6.11. The number of carbonyl (C=O) groups excluding carboxylic acids is 1. The number of rotatable bonds is 5. The first-order chi connectivity index (χ1) is 8.28. The summed E-state index contributed by atoms with van der Waals surface area (Å²) in [6, 6.07) is -0.492. The second-order valence-corrected chi connectivity index (χ2v) is 6.87. The third-order valence-electron chi connectivity index (χ3n) is 2.66. The lowest BCUT2D eigenvalue weighted by atomic mass is 9.87. The largest absolute Gasteiger partial charge is 0.481 e. The fraction of sp³-hybridized carbons (Fsp3) is 0.833. The maximum atomic E-state index is 11.9. The molecule has 1 aliphatic heterocycles. The highest BCUT2D eigenvalue weighted by molar-refractivity contribution is 7.99. The number of carboxylic acid groups (broad SMARTS) is 1. The number of carboxylic acids is 1. The molecule has 0 radical (unpaired) electrons. The molecule has 18 heavy (non-hydrogen) atoms. The van der Waals surface area contributed by atoms with Gasteiger partial charge >= 0.3 is 5.97 Å². The van der Waals surface area contributed by atoms with Gasteiger partial charge in [-0.25, -0.2) is 0 Å². The molecular weight excluding hydrogens is 252 g/mol. The Morgan fingerprint density at radius 1 is 1.50 bits per heavy atom. The van der Waals surface area contributed by atoms with Crippen LogP contribution in [0.25, 0.3) is 0 Å². The Kier molecular flexibility index (Phi) is 5.47. The van der Waals surface area contributed by atoms with E-state index < -0.39 is 5.97 Å². The quantitative estimate of drug-likeness (QED) is 0.698. The Balaban J connectivity index is 2.53. The fourth-order valence-corrected chi connectivity index (χ4v) is 2.93. The van der Waals surface area contributed by atoms with Crippen molar-refractivity contribution in [3.63, 3.8) is 0 Å². The lowest BCUT2D eigenvalue weighted by Crippen LogP contribution is -2.48. The first kappa shape index (κ1) is 15.3. The molecule has 3 N–H and O–H groups in total. The van der Waals surface area contributed by atoms with E-state index in [2.05, 4.69) is 10.6 Å². The predicted molar refractivity (Wildman–Crippen MR) is 72.5 cm³/mol. The van der Waals surface area contributed by atoms with E-state index in [9.17, 15) is 9.59 Å². The number of aliphatic carboxylic acids is 1. The zero-order valence-electron chi connectivity index (χ0n) is 11.2. The smallest absolute Gasteiger partial charge is 0.305 e. The Morgan fingerprint density at radius 3 is 2.61 bits per heavy atom. The molecule has 0 aromatic rings. The van der Waals surface area contributed by atoms with Crippen LogP contribution in [0.2, 0.25) is 0 Å². The van der Waals surface area contributed by atoms with Crippen LogP contribution in [0.5, 0.6) is 0 Å². The monoisotopic (exact) mass is 274 g/mol. The summed E-state index contributed by atoms with van der Waals surface area (Å²) in [4.78, 5) is 22.8. The van der Waals surface area contributed by atoms with Crippen LogP contribution in [0.4, 0.5) is 0 Å². The van der Waals surface area contributed by atoms with Crippen molar-refractivity contribution in [2.45, 2.75) is 45.7 Å². The molecule has 0 aromatic carbocycles. The van der Waals surface area contributed by atoms with Gasteiger partial charge in [0.1, 0.15) is 0 Å². The van der Waals surface area contributed by atoms with Crippen molar-refractivity contribution in [1.82, 2.24) is 10.6 Å². The minimum absolute atomic E-state index is 0.00868. The van der Waals surface area contributed by atoms with Gasteiger partial charge in [-0.3, -0.25) is 14.9 Å². The minimum Gasteiger partial charge on any atom is -0.481 e. The summed E-state index contributed by atoms with van der Waals surface area (Å²) in [5.41, 5.74) is -0.00868. The van der Waals surface area contributed by atoms with Gasteiger partial charge in [0.05, 0.1) is 12.5 Å². The zero-order valence-corrected chi connectivity index (χ0v) is 12.0. The van der Waals surface area contributed by atoms with E-state index in [1.54, 1.807) is 11.8 Å². The van der Waals surface area contributed by atoms with Crippen LogP contribution < -0.4 is 10.6 Å². The van der Waals surface area contributed by atoms with E-state index in [0.29, 0.717) is 6.42 Å². The summed E-state index contributed by atoms with van der Waals surface area (Å²) in [7, 11) is 0. The zero-order chi connectivity index (χ0) is 13.8. The molecule has 0 spiro atoms. The molecule has 2 unspecified atom stereocenters. The van der Waals surface area contributed by atoms with Crippen LogP contribution in [0.3, 0.4) is 0 Å². The second-order valence-electron chi connectivity index (χ2n) is 5.84. The average molecular weight is 274 g/mol. The van der Waals surface area contributed by atoms with Crippen LogP contribution in [0.15, 0.2) is 0 Å². The maximum Gasteiger partial charge on any atom is 0.305 e. The summed E-state index contributed by atoms with van der Waals surface area (Å²) in [5, 5.41) is 14.8. The molecule has 1 amide bonds. The van der Waals surface area contributed by atoms with Crippen molar-refractivity contribution >= 4 is 23.6 Å². The first-order valence-corrected chi connectivity index (χ1v) is 7.27. The van der Waals surface area contributed by atoms with Gasteiger partial charge in [-0.05, 0) is 11.8 Å². The van der Waals surface area contributed by atoms with Gasteiger partial charge in [0.25, 0.3) is 0 Å². The number of thioether (sulfide) groups is 1. The van der Waals surface area contributed by atoms with Gasteiger partial charge in [0.15, 0.2) is 0 Å². The van der Waals surface area contributed by atoms with Gasteiger partial charge in [0.2, 0.25) is 5.91 Å². The number of nitrogens with one attached hydrogen (secondary N) is 2. The molecule has 0 aromatic heterocycles. The van der Waals surface area contributed by atoms with Crippen molar-refractivity contribution in [3.8, 4) is 0 Å². The molecule has 1 fully saturated rings.